The molecule has 0 amide bonds. The third kappa shape index (κ3) is 5.41. The number of non-ortho nitro benzene ring substituents is 1. The van der Waals surface area contributed by atoms with Crippen LogP contribution >= 0.6 is 0 Å². The van der Waals surface area contributed by atoms with Gasteiger partial charge < -0.3 is 9.64 Å². The lowest BCUT2D eigenvalue weighted by molar-refractivity contribution is -0.401. The zero-order chi connectivity index (χ0) is 33.6. The first kappa shape index (κ1) is 31.9. The summed E-state index contributed by atoms with van der Waals surface area (Å²) in [6.45, 7) is 9.52. The van der Waals surface area contributed by atoms with Gasteiger partial charge in [-0.15, -0.1) is 0 Å². The molecular formula is C42H46N3O3+. The van der Waals surface area contributed by atoms with E-state index in [2.05, 4.69) is 109 Å². The predicted octanol–water partition coefficient (Wildman–Crippen LogP) is 9.95. The number of nitro benzene ring substituents is 1. The van der Waals surface area contributed by atoms with E-state index in [1.165, 1.54) is 45.4 Å². The Labute approximate surface area is 284 Å². The summed E-state index contributed by atoms with van der Waals surface area (Å²) < 4.78 is 8.22. The van der Waals surface area contributed by atoms with Crippen molar-refractivity contribution in [1.29, 1.82) is 0 Å². The monoisotopic (exact) mass is 640 g/mol. The van der Waals surface area contributed by atoms with Crippen LogP contribution in [0.1, 0.15) is 76.5 Å². The van der Waals surface area contributed by atoms with Crippen molar-refractivity contribution in [2.75, 3.05) is 18.5 Å². The topological polar surface area (TPSA) is 58.6 Å². The van der Waals surface area contributed by atoms with Crippen LogP contribution in [0, 0.1) is 10.1 Å². The number of nitrogens with zero attached hydrogens (tertiary/aromatic N) is 3. The van der Waals surface area contributed by atoms with Gasteiger partial charge in [0.05, 0.1) is 16.4 Å². The number of hydrogen-bond acceptors (Lipinski definition) is 4. The molecule has 1 aliphatic carbocycles. The van der Waals surface area contributed by atoms with E-state index in [0.29, 0.717) is 0 Å². The second kappa shape index (κ2) is 12.4. The Hall–Kier alpha value is -4.71. The average Bonchev–Trinajstić information content (AvgIpc) is 3.43. The van der Waals surface area contributed by atoms with Gasteiger partial charge in [0, 0.05) is 53.2 Å². The number of fused-ring (bicyclic) bond motifs is 5. The van der Waals surface area contributed by atoms with Crippen LogP contribution in [0.2, 0.25) is 0 Å². The van der Waals surface area contributed by atoms with Crippen LogP contribution in [0.15, 0.2) is 103 Å². The molecule has 48 heavy (non-hydrogen) atoms. The Morgan fingerprint density at radius 2 is 1.73 bits per heavy atom. The normalized spacial score (nSPS) is 18.8. The number of allylic oxidation sites excluding steroid dienone is 4. The molecule has 1 spiro atoms. The Balaban J connectivity index is 1.27. The molecule has 4 aromatic rings. The van der Waals surface area contributed by atoms with Gasteiger partial charge in [-0.2, -0.15) is 4.58 Å². The van der Waals surface area contributed by atoms with Crippen LogP contribution in [0.4, 0.5) is 17.1 Å². The number of benzene rings is 4. The molecule has 6 heteroatoms. The van der Waals surface area contributed by atoms with E-state index in [1.807, 2.05) is 26.0 Å². The standard InChI is InChI=1S/C42H46N3O3/c1-29(2)48-33-20-16-30(17-21-33)24-27-44-36-23-19-32(45(46)47)28-35(36)42(25-9-6-10-26-42)39(44)15-11-14-38-41(3,4)40-34-13-8-7-12-31(34)18-22-37(40)43(38)5/h7-8,11-23,28-29H,6,9-10,24-27H2,1-5H3/q+1. The highest BCUT2D eigenvalue weighted by atomic mass is 16.6. The van der Waals surface area contributed by atoms with Crippen molar-refractivity contribution in [3.63, 3.8) is 0 Å². The van der Waals surface area contributed by atoms with Crippen molar-refractivity contribution in [2.24, 2.45) is 0 Å². The Bertz CT molecular complexity index is 1980. The van der Waals surface area contributed by atoms with Crippen molar-refractivity contribution >= 4 is 33.5 Å². The van der Waals surface area contributed by atoms with Gasteiger partial charge >= 0.3 is 0 Å². The summed E-state index contributed by atoms with van der Waals surface area (Å²) >= 11 is 0. The van der Waals surface area contributed by atoms with Crippen LogP contribution in [-0.4, -0.2) is 34.9 Å². The molecule has 0 aromatic heterocycles. The number of anilines is 1. The lowest BCUT2D eigenvalue weighted by Crippen LogP contribution is -2.34. The summed E-state index contributed by atoms with van der Waals surface area (Å²) in [6.07, 6.45) is 13.2. The van der Waals surface area contributed by atoms with Gasteiger partial charge in [-0.05, 0) is 99.2 Å². The highest BCUT2D eigenvalue weighted by molar-refractivity contribution is 6.07. The molecule has 7 rings (SSSR count). The fourth-order valence-corrected chi connectivity index (χ4v) is 8.63. The second-order valence-electron chi connectivity index (χ2n) is 14.5. The lowest BCUT2D eigenvalue weighted by Gasteiger charge is -2.37. The second-order valence-corrected chi connectivity index (χ2v) is 14.5. The van der Waals surface area contributed by atoms with Crippen molar-refractivity contribution in [2.45, 2.75) is 83.2 Å². The van der Waals surface area contributed by atoms with E-state index in [9.17, 15) is 10.1 Å². The first-order valence-corrected chi connectivity index (χ1v) is 17.4. The van der Waals surface area contributed by atoms with E-state index in [-0.39, 0.29) is 27.5 Å². The molecular weight excluding hydrogens is 594 g/mol. The summed E-state index contributed by atoms with van der Waals surface area (Å²) in [5.74, 6) is 0.881. The third-order valence-corrected chi connectivity index (χ3v) is 10.8. The highest BCUT2D eigenvalue weighted by Gasteiger charge is 2.48. The van der Waals surface area contributed by atoms with Crippen LogP contribution in [0.5, 0.6) is 5.75 Å². The fourth-order valence-electron chi connectivity index (χ4n) is 8.63. The van der Waals surface area contributed by atoms with Gasteiger partial charge in [-0.25, -0.2) is 0 Å². The maximum atomic E-state index is 12.0. The molecule has 4 aromatic carbocycles. The SMILES string of the molecule is CC(C)Oc1ccc(CCN2C(=CC=CC3=[N+](C)c4ccc5ccccc5c4C3(C)C)C3(CCCCC3)c3cc([N+](=O)[O-])ccc32)cc1. The van der Waals surface area contributed by atoms with Crippen LogP contribution in [0.25, 0.3) is 10.8 Å². The predicted molar refractivity (Wildman–Crippen MR) is 196 cm³/mol. The average molecular weight is 641 g/mol. The van der Waals surface area contributed by atoms with Gasteiger partial charge in [0.1, 0.15) is 12.8 Å². The summed E-state index contributed by atoms with van der Waals surface area (Å²) in [6, 6.07) is 27.1. The Morgan fingerprint density at radius 3 is 2.46 bits per heavy atom. The number of ether oxygens (including phenoxy) is 1. The molecule has 1 fully saturated rings. The minimum Gasteiger partial charge on any atom is -0.491 e. The molecule has 0 bridgehead atoms. The van der Waals surface area contributed by atoms with Gasteiger partial charge in [0.15, 0.2) is 5.71 Å². The maximum absolute atomic E-state index is 12.0. The Morgan fingerprint density at radius 1 is 0.979 bits per heavy atom. The van der Waals surface area contributed by atoms with Crippen LogP contribution in [0.3, 0.4) is 0 Å². The number of hydrogen-bond donors (Lipinski definition) is 0. The van der Waals surface area contributed by atoms with Crippen LogP contribution in [-0.2, 0) is 17.3 Å². The van der Waals surface area contributed by atoms with E-state index in [1.54, 1.807) is 6.07 Å². The molecule has 0 unspecified atom stereocenters. The van der Waals surface area contributed by atoms with Crippen molar-refractivity contribution < 1.29 is 14.2 Å². The molecule has 0 N–H and O–H groups in total. The molecule has 0 atom stereocenters. The van der Waals surface area contributed by atoms with Gasteiger partial charge in [0.25, 0.3) is 5.69 Å². The lowest BCUT2D eigenvalue weighted by atomic mass is 9.68. The van der Waals surface area contributed by atoms with Gasteiger partial charge in [-0.1, -0.05) is 61.7 Å². The highest BCUT2D eigenvalue weighted by Crippen LogP contribution is 2.56. The van der Waals surface area contributed by atoms with Gasteiger partial charge in [-0.3, -0.25) is 10.1 Å². The first-order chi connectivity index (χ1) is 23.1. The zero-order valence-corrected chi connectivity index (χ0v) is 28.8. The largest absolute Gasteiger partial charge is 0.491 e. The molecule has 246 valence electrons. The van der Waals surface area contributed by atoms with E-state index >= 15 is 0 Å². The van der Waals surface area contributed by atoms with E-state index in [4.69, 9.17) is 4.74 Å². The number of rotatable bonds is 8. The van der Waals surface area contributed by atoms with Crippen LogP contribution < -0.4 is 9.64 Å². The molecule has 0 saturated heterocycles. The van der Waals surface area contributed by atoms with E-state index in [0.717, 1.165) is 55.6 Å². The summed E-state index contributed by atoms with van der Waals surface area (Å²) in [7, 11) is 2.17. The fraction of sp³-hybridized carbons (Fsp3) is 0.357. The maximum Gasteiger partial charge on any atom is 0.269 e. The molecule has 6 nitrogen and oxygen atoms in total. The summed E-state index contributed by atoms with van der Waals surface area (Å²) in [4.78, 5) is 14.2. The quantitative estimate of drug-likeness (QED) is 0.109. The molecule has 2 heterocycles. The third-order valence-electron chi connectivity index (χ3n) is 10.8. The Kier molecular flexibility index (Phi) is 8.22. The minimum atomic E-state index is -0.250. The van der Waals surface area contributed by atoms with Crippen molar-refractivity contribution in [3.05, 3.63) is 130 Å². The molecule has 3 aliphatic rings. The van der Waals surface area contributed by atoms with E-state index < -0.39 is 0 Å². The molecule has 1 saturated carbocycles. The van der Waals surface area contributed by atoms with Crippen molar-refractivity contribution in [1.82, 2.24) is 0 Å². The van der Waals surface area contributed by atoms with Crippen molar-refractivity contribution in [3.8, 4) is 5.75 Å². The molecule has 0 radical (unpaired) electrons. The van der Waals surface area contributed by atoms with Gasteiger partial charge in [0.2, 0.25) is 5.69 Å². The minimum absolute atomic E-state index is 0.134. The summed E-state index contributed by atoms with van der Waals surface area (Å²) in [5, 5.41) is 14.5. The zero-order valence-electron chi connectivity index (χ0n) is 28.8. The smallest absolute Gasteiger partial charge is 0.269 e. The molecule has 2 aliphatic heterocycles. The summed E-state index contributed by atoms with van der Waals surface area (Å²) in [5.41, 5.74) is 8.35. The first-order valence-electron chi connectivity index (χ1n) is 17.4. The number of nitro groups is 1.